The Bertz CT molecular complexity index is 660. The van der Waals surface area contributed by atoms with Gasteiger partial charge in [0, 0.05) is 7.05 Å². The fraction of sp³-hybridized carbons (Fsp3) is 0.375. The van der Waals surface area contributed by atoms with Gasteiger partial charge in [0.25, 0.3) is 11.1 Å². The average molecular weight is 400 g/mol. The van der Waals surface area contributed by atoms with Crippen LogP contribution in [-0.4, -0.2) is 36.3 Å². The van der Waals surface area contributed by atoms with Crippen molar-refractivity contribution in [1.29, 1.82) is 0 Å². The number of imide groups is 1. The molecule has 5 nitrogen and oxygen atoms in total. The first-order valence-corrected chi connectivity index (χ1v) is 8.89. The van der Waals surface area contributed by atoms with Crippen LogP contribution in [0.4, 0.5) is 4.79 Å². The van der Waals surface area contributed by atoms with Crippen molar-refractivity contribution in [2.24, 2.45) is 0 Å². The molecule has 1 heterocycles. The number of benzene rings is 1. The van der Waals surface area contributed by atoms with Gasteiger partial charge in [0.1, 0.15) is 0 Å². The highest BCUT2D eigenvalue weighted by Crippen LogP contribution is 2.39. The van der Waals surface area contributed by atoms with E-state index in [1.165, 1.54) is 7.05 Å². The number of halogens is 1. The van der Waals surface area contributed by atoms with Gasteiger partial charge in [-0.25, -0.2) is 0 Å². The van der Waals surface area contributed by atoms with Gasteiger partial charge in [0.15, 0.2) is 11.5 Å². The number of thioether (sulfide) groups is 1. The third-order valence-electron chi connectivity index (χ3n) is 3.07. The number of rotatable bonds is 6. The summed E-state index contributed by atoms with van der Waals surface area (Å²) in [4.78, 5) is 25.0. The van der Waals surface area contributed by atoms with Crippen LogP contribution < -0.4 is 9.47 Å². The summed E-state index contributed by atoms with van der Waals surface area (Å²) in [6.07, 6.45) is 2.58. The number of hydrogen-bond donors (Lipinski definition) is 0. The smallest absolute Gasteiger partial charge is 0.293 e. The number of carbonyl (C=O) groups excluding carboxylic acids is 2. The standard InChI is InChI=1S/C16H18BrNO4S/c1-4-6-22-14-11(17)7-10(8-12(14)21-5-2)9-13-15(19)18(3)16(20)23-13/h7-9H,4-6H2,1-3H3/b13-9-. The van der Waals surface area contributed by atoms with E-state index in [0.717, 1.165) is 33.1 Å². The molecule has 0 saturated carbocycles. The first-order valence-electron chi connectivity index (χ1n) is 7.28. The minimum Gasteiger partial charge on any atom is -0.490 e. The maximum atomic E-state index is 12.0. The van der Waals surface area contributed by atoms with E-state index in [1.54, 1.807) is 6.08 Å². The van der Waals surface area contributed by atoms with E-state index in [4.69, 9.17) is 9.47 Å². The van der Waals surface area contributed by atoms with E-state index >= 15 is 0 Å². The van der Waals surface area contributed by atoms with Crippen molar-refractivity contribution >= 4 is 44.9 Å². The van der Waals surface area contributed by atoms with Gasteiger partial charge in [0.05, 0.1) is 22.6 Å². The number of likely N-dealkylation sites (N-methyl/N-ethyl adjacent to an activating group) is 1. The Morgan fingerprint density at radius 3 is 2.57 bits per heavy atom. The molecule has 0 radical (unpaired) electrons. The minimum atomic E-state index is -0.291. The largest absolute Gasteiger partial charge is 0.490 e. The van der Waals surface area contributed by atoms with E-state index in [2.05, 4.69) is 15.9 Å². The second-order valence-corrected chi connectivity index (χ2v) is 6.70. The third-order valence-corrected chi connectivity index (χ3v) is 4.62. The molecule has 2 amide bonds. The first kappa shape index (κ1) is 17.9. The Morgan fingerprint density at radius 1 is 1.26 bits per heavy atom. The zero-order chi connectivity index (χ0) is 17.0. The fourth-order valence-electron chi connectivity index (χ4n) is 1.98. The molecule has 124 valence electrons. The van der Waals surface area contributed by atoms with E-state index in [0.29, 0.717) is 29.6 Å². The van der Waals surface area contributed by atoms with Crippen LogP contribution in [0, 0.1) is 0 Å². The fourth-order valence-corrected chi connectivity index (χ4v) is 3.38. The van der Waals surface area contributed by atoms with Gasteiger partial charge in [-0.05, 0) is 64.8 Å². The molecular formula is C16H18BrNO4S. The zero-order valence-corrected chi connectivity index (χ0v) is 15.6. The summed E-state index contributed by atoms with van der Waals surface area (Å²) in [6, 6.07) is 3.65. The van der Waals surface area contributed by atoms with Crippen molar-refractivity contribution in [2.75, 3.05) is 20.3 Å². The van der Waals surface area contributed by atoms with Crippen LogP contribution in [0.1, 0.15) is 25.8 Å². The molecule has 0 N–H and O–H groups in total. The zero-order valence-electron chi connectivity index (χ0n) is 13.2. The molecule has 1 aromatic rings. The quantitative estimate of drug-likeness (QED) is 0.667. The van der Waals surface area contributed by atoms with Crippen LogP contribution in [0.3, 0.4) is 0 Å². The van der Waals surface area contributed by atoms with Gasteiger partial charge in [-0.1, -0.05) is 6.92 Å². The lowest BCUT2D eigenvalue weighted by Gasteiger charge is -2.14. The van der Waals surface area contributed by atoms with Crippen molar-refractivity contribution in [1.82, 2.24) is 4.90 Å². The van der Waals surface area contributed by atoms with Crippen LogP contribution in [0.5, 0.6) is 11.5 Å². The molecule has 1 saturated heterocycles. The monoisotopic (exact) mass is 399 g/mol. The van der Waals surface area contributed by atoms with Crippen LogP contribution in [-0.2, 0) is 4.79 Å². The topological polar surface area (TPSA) is 55.8 Å². The molecule has 2 rings (SSSR count). The Labute approximate surface area is 148 Å². The van der Waals surface area contributed by atoms with E-state index in [-0.39, 0.29) is 11.1 Å². The van der Waals surface area contributed by atoms with Crippen molar-refractivity contribution < 1.29 is 19.1 Å². The molecule has 0 spiro atoms. The van der Waals surface area contributed by atoms with Gasteiger partial charge in [-0.3, -0.25) is 14.5 Å². The molecule has 0 aliphatic carbocycles. The highest BCUT2D eigenvalue weighted by molar-refractivity contribution is 9.10. The molecule has 0 unspecified atom stereocenters. The van der Waals surface area contributed by atoms with Gasteiger partial charge >= 0.3 is 0 Å². The Morgan fingerprint density at radius 2 is 2.00 bits per heavy atom. The van der Waals surface area contributed by atoms with Crippen LogP contribution in [0.15, 0.2) is 21.5 Å². The summed E-state index contributed by atoms with van der Waals surface area (Å²) in [5.74, 6) is 0.965. The molecule has 1 aliphatic heterocycles. The molecule has 0 bridgehead atoms. The summed E-state index contributed by atoms with van der Waals surface area (Å²) in [5, 5.41) is -0.270. The second-order valence-electron chi connectivity index (χ2n) is 4.85. The SMILES string of the molecule is CCCOc1c(Br)cc(/C=C2\SC(=O)N(C)C2=O)cc1OCC. The average Bonchev–Trinajstić information content (AvgIpc) is 2.74. The lowest BCUT2D eigenvalue weighted by molar-refractivity contribution is -0.121. The molecule has 1 aromatic carbocycles. The van der Waals surface area contributed by atoms with Crippen LogP contribution in [0.25, 0.3) is 6.08 Å². The summed E-state index contributed by atoms with van der Waals surface area (Å²) < 4.78 is 12.1. The second kappa shape index (κ2) is 7.88. The van der Waals surface area contributed by atoms with Gasteiger partial charge < -0.3 is 9.47 Å². The molecule has 1 fully saturated rings. The van der Waals surface area contributed by atoms with Gasteiger partial charge in [-0.2, -0.15) is 0 Å². The predicted octanol–water partition coefficient (Wildman–Crippen LogP) is 4.30. The summed E-state index contributed by atoms with van der Waals surface area (Å²) >= 11 is 4.41. The summed E-state index contributed by atoms with van der Waals surface area (Å²) in [6.45, 7) is 5.02. The highest BCUT2D eigenvalue weighted by atomic mass is 79.9. The molecular weight excluding hydrogens is 382 g/mol. The third kappa shape index (κ3) is 4.09. The lowest BCUT2D eigenvalue weighted by atomic mass is 10.2. The highest BCUT2D eigenvalue weighted by Gasteiger charge is 2.31. The van der Waals surface area contributed by atoms with Crippen LogP contribution >= 0.6 is 27.7 Å². The summed E-state index contributed by atoms with van der Waals surface area (Å²) in [7, 11) is 1.47. The molecule has 23 heavy (non-hydrogen) atoms. The predicted molar refractivity (Wildman–Crippen MR) is 94.8 cm³/mol. The van der Waals surface area contributed by atoms with E-state index < -0.39 is 0 Å². The minimum absolute atomic E-state index is 0.270. The maximum Gasteiger partial charge on any atom is 0.293 e. The first-order chi connectivity index (χ1) is 11.0. The van der Waals surface area contributed by atoms with Crippen molar-refractivity contribution in [3.63, 3.8) is 0 Å². The Kier molecular flexibility index (Phi) is 6.12. The van der Waals surface area contributed by atoms with Crippen molar-refractivity contribution in [2.45, 2.75) is 20.3 Å². The van der Waals surface area contributed by atoms with Crippen molar-refractivity contribution in [3.8, 4) is 11.5 Å². The molecule has 0 aromatic heterocycles. The normalized spacial score (nSPS) is 16.3. The number of nitrogens with zero attached hydrogens (tertiary/aromatic N) is 1. The number of hydrogen-bond acceptors (Lipinski definition) is 5. The summed E-state index contributed by atoms with van der Waals surface area (Å²) in [5.41, 5.74) is 0.767. The molecule has 7 heteroatoms. The number of carbonyl (C=O) groups is 2. The van der Waals surface area contributed by atoms with Gasteiger partial charge in [-0.15, -0.1) is 0 Å². The number of amides is 2. The number of ether oxygens (including phenoxy) is 2. The van der Waals surface area contributed by atoms with E-state index in [1.807, 2.05) is 26.0 Å². The van der Waals surface area contributed by atoms with E-state index in [9.17, 15) is 9.59 Å². The molecule has 1 aliphatic rings. The van der Waals surface area contributed by atoms with Crippen molar-refractivity contribution in [3.05, 3.63) is 27.1 Å². The Hall–Kier alpha value is -1.47. The van der Waals surface area contributed by atoms with Crippen LogP contribution in [0.2, 0.25) is 0 Å². The maximum absolute atomic E-state index is 12.0. The Balaban J connectivity index is 2.37. The molecule has 0 atom stereocenters. The lowest BCUT2D eigenvalue weighted by Crippen LogP contribution is -2.22. The van der Waals surface area contributed by atoms with Gasteiger partial charge in [0.2, 0.25) is 0 Å².